The highest BCUT2D eigenvalue weighted by atomic mass is 16.7. The van der Waals surface area contributed by atoms with Crippen LogP contribution in [0.25, 0.3) is 11.4 Å². The normalized spacial score (nSPS) is 19.8. The predicted octanol–water partition coefficient (Wildman–Crippen LogP) is 0.949. The number of carbonyl (C=O) groups is 3. The van der Waals surface area contributed by atoms with Gasteiger partial charge in [-0.25, -0.2) is 5.01 Å². The average molecular weight is 538 g/mol. The summed E-state index contributed by atoms with van der Waals surface area (Å²) in [6, 6.07) is 5.37. The number of nitrogens with zero attached hydrogens (tertiary/aromatic N) is 7. The lowest BCUT2D eigenvalue weighted by Gasteiger charge is -2.36. The molecule has 5 heterocycles. The topological polar surface area (TPSA) is 134 Å². The van der Waals surface area contributed by atoms with Crippen molar-refractivity contribution in [2.24, 2.45) is 5.10 Å². The van der Waals surface area contributed by atoms with Crippen molar-refractivity contribution in [3.63, 3.8) is 0 Å². The zero-order valence-electron chi connectivity index (χ0n) is 21.7. The highest BCUT2D eigenvalue weighted by Crippen LogP contribution is 2.35. The molecule has 0 aliphatic carbocycles. The van der Waals surface area contributed by atoms with Gasteiger partial charge in [-0.3, -0.25) is 19.3 Å². The number of hydrogen-bond acceptors (Lipinski definition) is 10. The van der Waals surface area contributed by atoms with Crippen LogP contribution in [-0.4, -0.2) is 112 Å². The SMILES string of the molecule is O=C(CN1CCN(C(=O)CN2N=C(c3nc(-c4ccc5c(c4)OCO5)no3)CCC2=O)CC1)N1CCCCC1. The van der Waals surface area contributed by atoms with Crippen molar-refractivity contribution in [1.29, 1.82) is 0 Å². The molecule has 0 radical (unpaired) electrons. The summed E-state index contributed by atoms with van der Waals surface area (Å²) in [6.07, 6.45) is 3.87. The molecular formula is C26H31N7O6. The van der Waals surface area contributed by atoms with Crippen LogP contribution >= 0.6 is 0 Å². The van der Waals surface area contributed by atoms with E-state index in [9.17, 15) is 14.4 Å². The lowest BCUT2D eigenvalue weighted by atomic mass is 10.1. The Morgan fingerprint density at radius 1 is 0.846 bits per heavy atom. The first-order valence-electron chi connectivity index (χ1n) is 13.4. The Morgan fingerprint density at radius 2 is 1.59 bits per heavy atom. The van der Waals surface area contributed by atoms with Crippen molar-refractivity contribution in [2.75, 3.05) is 59.2 Å². The summed E-state index contributed by atoms with van der Waals surface area (Å²) >= 11 is 0. The number of aromatic nitrogens is 2. The number of carbonyl (C=O) groups excluding carboxylic acids is 3. The molecule has 2 saturated heterocycles. The van der Waals surface area contributed by atoms with Crippen LogP contribution in [0.4, 0.5) is 0 Å². The molecule has 13 heteroatoms. The smallest absolute Gasteiger partial charge is 0.274 e. The fourth-order valence-electron chi connectivity index (χ4n) is 5.19. The van der Waals surface area contributed by atoms with Gasteiger partial charge in [-0.1, -0.05) is 5.16 Å². The second-order valence-corrected chi connectivity index (χ2v) is 10.1. The number of fused-ring (bicyclic) bond motifs is 1. The van der Waals surface area contributed by atoms with E-state index in [2.05, 4.69) is 20.1 Å². The lowest BCUT2D eigenvalue weighted by molar-refractivity contribution is -0.142. The summed E-state index contributed by atoms with van der Waals surface area (Å²) < 4.78 is 16.2. The zero-order valence-corrected chi connectivity index (χ0v) is 21.7. The Morgan fingerprint density at radius 3 is 2.41 bits per heavy atom. The lowest BCUT2D eigenvalue weighted by Crippen LogP contribution is -2.53. The van der Waals surface area contributed by atoms with Crippen molar-refractivity contribution >= 4 is 23.4 Å². The number of piperidine rings is 1. The molecule has 1 aromatic carbocycles. The molecule has 0 unspecified atom stereocenters. The van der Waals surface area contributed by atoms with Gasteiger partial charge < -0.3 is 23.8 Å². The maximum atomic E-state index is 13.0. The van der Waals surface area contributed by atoms with Crippen molar-refractivity contribution in [3.05, 3.63) is 24.1 Å². The van der Waals surface area contributed by atoms with Crippen LogP contribution in [0.1, 0.15) is 38.0 Å². The highest BCUT2D eigenvalue weighted by molar-refractivity contribution is 6.01. The van der Waals surface area contributed by atoms with E-state index in [1.165, 1.54) is 11.4 Å². The van der Waals surface area contributed by atoms with Gasteiger partial charge in [-0.05, 0) is 37.5 Å². The summed E-state index contributed by atoms with van der Waals surface area (Å²) in [6.45, 7) is 4.35. The molecular weight excluding hydrogens is 506 g/mol. The summed E-state index contributed by atoms with van der Waals surface area (Å²) in [5.41, 5.74) is 1.16. The van der Waals surface area contributed by atoms with Gasteiger partial charge in [0.1, 0.15) is 12.3 Å². The van der Waals surface area contributed by atoms with Gasteiger partial charge in [-0.15, -0.1) is 0 Å². The molecule has 0 N–H and O–H groups in total. The number of piperazine rings is 1. The van der Waals surface area contributed by atoms with Crippen molar-refractivity contribution in [3.8, 4) is 22.9 Å². The van der Waals surface area contributed by atoms with Gasteiger partial charge in [0.15, 0.2) is 11.5 Å². The first-order chi connectivity index (χ1) is 19.0. The summed E-state index contributed by atoms with van der Waals surface area (Å²) in [4.78, 5) is 48.3. The maximum absolute atomic E-state index is 13.0. The third-order valence-corrected chi connectivity index (χ3v) is 7.49. The molecule has 13 nitrogen and oxygen atoms in total. The van der Waals surface area contributed by atoms with Crippen molar-refractivity contribution in [1.82, 2.24) is 29.8 Å². The van der Waals surface area contributed by atoms with E-state index < -0.39 is 0 Å². The second-order valence-electron chi connectivity index (χ2n) is 10.1. The molecule has 0 bridgehead atoms. The van der Waals surface area contributed by atoms with Gasteiger partial charge in [0.2, 0.25) is 30.3 Å². The Bertz CT molecular complexity index is 1280. The minimum atomic E-state index is -0.228. The molecule has 6 rings (SSSR count). The van der Waals surface area contributed by atoms with Gasteiger partial charge in [-0.2, -0.15) is 10.1 Å². The van der Waals surface area contributed by atoms with Crippen LogP contribution in [0.15, 0.2) is 27.8 Å². The van der Waals surface area contributed by atoms with Crippen molar-refractivity contribution in [2.45, 2.75) is 32.1 Å². The van der Waals surface area contributed by atoms with E-state index in [-0.39, 0.29) is 43.4 Å². The monoisotopic (exact) mass is 537 g/mol. The molecule has 39 heavy (non-hydrogen) atoms. The Kier molecular flexibility index (Phi) is 7.14. The number of amides is 3. The van der Waals surface area contributed by atoms with Crippen LogP contribution in [0.3, 0.4) is 0 Å². The zero-order chi connectivity index (χ0) is 26.8. The van der Waals surface area contributed by atoms with Crippen LogP contribution in [0.2, 0.25) is 0 Å². The largest absolute Gasteiger partial charge is 0.454 e. The van der Waals surface area contributed by atoms with Crippen LogP contribution in [-0.2, 0) is 14.4 Å². The van der Waals surface area contributed by atoms with Crippen LogP contribution in [0.5, 0.6) is 11.5 Å². The standard InChI is InChI=1S/C26H31N7O6/c34-22-7-5-19(26-27-25(29-39-26)18-4-6-20-21(14-18)38-17-37-20)28-33(22)16-24(36)32-12-10-30(11-13-32)15-23(35)31-8-2-1-3-9-31/h4,6,14H,1-3,5,7-13,15-17H2. The highest BCUT2D eigenvalue weighted by Gasteiger charge is 2.30. The van der Waals surface area contributed by atoms with Gasteiger partial charge in [0.25, 0.3) is 5.89 Å². The first kappa shape index (κ1) is 25.3. The fraction of sp³-hybridized carbons (Fsp3) is 0.538. The third kappa shape index (κ3) is 5.58. The van der Waals surface area contributed by atoms with E-state index in [0.29, 0.717) is 67.7 Å². The predicted molar refractivity (Wildman–Crippen MR) is 137 cm³/mol. The van der Waals surface area contributed by atoms with Gasteiger partial charge in [0.05, 0.1) is 6.54 Å². The Balaban J connectivity index is 1.04. The van der Waals surface area contributed by atoms with E-state index in [1.54, 1.807) is 17.0 Å². The molecule has 1 aromatic heterocycles. The Labute approximate surface area is 225 Å². The molecule has 0 saturated carbocycles. The summed E-state index contributed by atoms with van der Waals surface area (Å²) in [7, 11) is 0. The van der Waals surface area contributed by atoms with Crippen molar-refractivity contribution < 1.29 is 28.4 Å². The number of hydrazone groups is 1. The molecule has 0 spiro atoms. The molecule has 4 aliphatic rings. The maximum Gasteiger partial charge on any atom is 0.274 e. The van der Waals surface area contributed by atoms with E-state index in [1.807, 2.05) is 11.0 Å². The first-order valence-corrected chi connectivity index (χ1v) is 13.4. The van der Waals surface area contributed by atoms with Crippen LogP contribution < -0.4 is 9.47 Å². The number of ether oxygens (including phenoxy) is 2. The Hall–Kier alpha value is -4.00. The van der Waals surface area contributed by atoms with E-state index in [4.69, 9.17) is 14.0 Å². The molecule has 3 amide bonds. The van der Waals surface area contributed by atoms with E-state index in [0.717, 1.165) is 25.9 Å². The third-order valence-electron chi connectivity index (χ3n) is 7.49. The molecule has 4 aliphatic heterocycles. The molecule has 206 valence electrons. The number of benzene rings is 1. The van der Waals surface area contributed by atoms with Gasteiger partial charge in [0, 0.05) is 57.7 Å². The quantitative estimate of drug-likeness (QED) is 0.528. The molecule has 0 atom stereocenters. The minimum Gasteiger partial charge on any atom is -0.454 e. The number of rotatable bonds is 6. The number of likely N-dealkylation sites (tertiary alicyclic amines) is 1. The second kappa shape index (κ2) is 11.0. The van der Waals surface area contributed by atoms with E-state index >= 15 is 0 Å². The minimum absolute atomic E-state index is 0.155. The summed E-state index contributed by atoms with van der Waals surface area (Å²) in [5.74, 6) is 1.60. The molecule has 2 fully saturated rings. The summed E-state index contributed by atoms with van der Waals surface area (Å²) in [5, 5.41) is 9.63. The fourth-order valence-corrected chi connectivity index (χ4v) is 5.19. The molecule has 2 aromatic rings. The number of hydrogen-bond donors (Lipinski definition) is 0. The van der Waals surface area contributed by atoms with Gasteiger partial charge >= 0.3 is 0 Å². The van der Waals surface area contributed by atoms with Crippen LogP contribution in [0, 0.1) is 0 Å². The average Bonchev–Trinajstić information content (AvgIpc) is 3.65.